The molecule has 3 aromatic carbocycles. The number of benzene rings is 3. The molecule has 0 aliphatic heterocycles. The van der Waals surface area contributed by atoms with E-state index in [1.54, 1.807) is 24.3 Å². The summed E-state index contributed by atoms with van der Waals surface area (Å²) in [5, 5.41) is 10.1. The number of para-hydroxylation sites is 1. The van der Waals surface area contributed by atoms with Gasteiger partial charge in [-0.1, -0.05) is 62.4 Å². The Morgan fingerprint density at radius 3 is 2.29 bits per heavy atom. The highest BCUT2D eigenvalue weighted by Crippen LogP contribution is 2.35. The van der Waals surface area contributed by atoms with Crippen LogP contribution in [-0.2, 0) is 6.61 Å². The Morgan fingerprint density at radius 2 is 1.57 bits per heavy atom. The molecule has 0 spiro atoms. The van der Waals surface area contributed by atoms with E-state index in [2.05, 4.69) is 0 Å². The predicted octanol–water partition coefficient (Wildman–Crippen LogP) is 5.22. The van der Waals surface area contributed by atoms with Gasteiger partial charge < -0.3 is 20.3 Å². The van der Waals surface area contributed by atoms with Gasteiger partial charge in [0.15, 0.2) is 11.5 Å². The smallest absolute Gasteiger partial charge is 0.172 e. The number of rotatable bonds is 7. The minimum absolute atomic E-state index is 0.0564. The van der Waals surface area contributed by atoms with Crippen LogP contribution in [-0.4, -0.2) is 11.7 Å². The molecule has 0 amide bonds. The summed E-state index contributed by atoms with van der Waals surface area (Å²) in [6.07, 6.45) is -0.867. The molecule has 4 nitrogen and oxygen atoms in total. The summed E-state index contributed by atoms with van der Waals surface area (Å²) in [6.45, 7) is 4.39. The second-order valence-electron chi connectivity index (χ2n) is 5.76. The molecule has 0 saturated carbocycles. The van der Waals surface area contributed by atoms with E-state index in [0.717, 1.165) is 5.56 Å². The third kappa shape index (κ3) is 5.81. The molecule has 0 aliphatic rings. The molecule has 3 N–H and O–H groups in total. The Hall–Kier alpha value is -2.89. The van der Waals surface area contributed by atoms with Crippen LogP contribution in [0.5, 0.6) is 17.2 Å². The van der Waals surface area contributed by atoms with Crippen molar-refractivity contribution in [2.45, 2.75) is 26.6 Å². The number of aliphatic hydroxyl groups is 1. The van der Waals surface area contributed by atoms with Gasteiger partial charge in [-0.3, -0.25) is 0 Å². The molecule has 148 valence electrons. The van der Waals surface area contributed by atoms with E-state index in [9.17, 15) is 9.50 Å². The fraction of sp³-hybridized carbons (Fsp3) is 0.217. The molecule has 0 bridgehead atoms. The van der Waals surface area contributed by atoms with Crippen molar-refractivity contribution in [3.8, 4) is 17.2 Å². The molecule has 0 fully saturated rings. The predicted molar refractivity (Wildman–Crippen MR) is 109 cm³/mol. The number of ether oxygens (including phenoxy) is 2. The van der Waals surface area contributed by atoms with Gasteiger partial charge in [0.05, 0.1) is 6.10 Å². The summed E-state index contributed by atoms with van der Waals surface area (Å²) in [5.74, 6) is 0.606. The van der Waals surface area contributed by atoms with Crippen LogP contribution in [0.25, 0.3) is 0 Å². The van der Waals surface area contributed by atoms with E-state index in [-0.39, 0.29) is 12.3 Å². The molecule has 3 aromatic rings. The van der Waals surface area contributed by atoms with Crippen LogP contribution < -0.4 is 15.2 Å². The van der Waals surface area contributed by atoms with Crippen LogP contribution >= 0.6 is 0 Å². The van der Waals surface area contributed by atoms with Gasteiger partial charge in [-0.15, -0.1) is 0 Å². The molecule has 3 rings (SSSR count). The highest BCUT2D eigenvalue weighted by atomic mass is 19.1. The van der Waals surface area contributed by atoms with Crippen LogP contribution in [0, 0.1) is 5.82 Å². The number of halogens is 1. The molecule has 0 saturated heterocycles. The Labute approximate surface area is 165 Å². The Bertz CT molecular complexity index is 855. The molecule has 0 aromatic heterocycles. The van der Waals surface area contributed by atoms with Crippen molar-refractivity contribution >= 4 is 0 Å². The lowest BCUT2D eigenvalue weighted by atomic mass is 10.1. The van der Waals surface area contributed by atoms with Gasteiger partial charge in [0.1, 0.15) is 18.2 Å². The van der Waals surface area contributed by atoms with Crippen molar-refractivity contribution in [3.05, 3.63) is 89.7 Å². The average molecular weight is 383 g/mol. The van der Waals surface area contributed by atoms with Crippen LogP contribution in [0.15, 0.2) is 72.8 Å². The lowest BCUT2D eigenvalue weighted by Crippen LogP contribution is -2.12. The van der Waals surface area contributed by atoms with E-state index in [1.807, 2.05) is 44.2 Å². The van der Waals surface area contributed by atoms with E-state index in [4.69, 9.17) is 15.2 Å². The van der Waals surface area contributed by atoms with Crippen LogP contribution in [0.2, 0.25) is 0 Å². The maximum Gasteiger partial charge on any atom is 0.172 e. The molecule has 0 heterocycles. The van der Waals surface area contributed by atoms with E-state index >= 15 is 0 Å². The van der Waals surface area contributed by atoms with Crippen LogP contribution in [0.3, 0.4) is 0 Å². The van der Waals surface area contributed by atoms with Crippen molar-refractivity contribution in [1.29, 1.82) is 0 Å². The summed E-state index contributed by atoms with van der Waals surface area (Å²) < 4.78 is 25.4. The van der Waals surface area contributed by atoms with Crippen molar-refractivity contribution in [1.82, 2.24) is 0 Å². The summed E-state index contributed by atoms with van der Waals surface area (Å²) in [7, 11) is 0. The first-order chi connectivity index (χ1) is 13.7. The standard InChI is InChI=1S/C21H20FNO3.C2H6/c22-16-10-11-20(25-14-15-6-2-1-3-7-15)21(12-16)26-19-9-5-4-8-17(19)18(24)13-23;1-2/h1-12,18,24H,13-14,23H2;1-2H3. The largest absolute Gasteiger partial charge is 0.485 e. The first-order valence-corrected chi connectivity index (χ1v) is 9.28. The summed E-state index contributed by atoms with van der Waals surface area (Å²) in [5.41, 5.74) is 7.07. The highest BCUT2D eigenvalue weighted by Gasteiger charge is 2.15. The fourth-order valence-electron chi connectivity index (χ4n) is 2.51. The zero-order valence-electron chi connectivity index (χ0n) is 16.1. The summed E-state index contributed by atoms with van der Waals surface area (Å²) >= 11 is 0. The van der Waals surface area contributed by atoms with Gasteiger partial charge in [0.2, 0.25) is 0 Å². The van der Waals surface area contributed by atoms with Crippen molar-refractivity contribution in [2.24, 2.45) is 5.73 Å². The molecular weight excluding hydrogens is 357 g/mol. The number of hydrogen-bond donors (Lipinski definition) is 2. The molecule has 28 heavy (non-hydrogen) atoms. The van der Waals surface area contributed by atoms with E-state index in [1.165, 1.54) is 18.2 Å². The fourth-order valence-corrected chi connectivity index (χ4v) is 2.51. The Balaban J connectivity index is 0.00000136. The molecule has 5 heteroatoms. The van der Waals surface area contributed by atoms with Gasteiger partial charge in [0, 0.05) is 18.2 Å². The highest BCUT2D eigenvalue weighted by molar-refractivity contribution is 5.46. The summed E-state index contributed by atoms with van der Waals surface area (Å²) in [4.78, 5) is 0. The van der Waals surface area contributed by atoms with Gasteiger partial charge in [-0.2, -0.15) is 0 Å². The molecule has 0 aliphatic carbocycles. The second-order valence-corrected chi connectivity index (χ2v) is 5.76. The van der Waals surface area contributed by atoms with Crippen LogP contribution in [0.1, 0.15) is 31.1 Å². The monoisotopic (exact) mass is 383 g/mol. The van der Waals surface area contributed by atoms with E-state index < -0.39 is 11.9 Å². The first kappa shape index (κ1) is 21.4. The quantitative estimate of drug-likeness (QED) is 0.587. The van der Waals surface area contributed by atoms with E-state index in [0.29, 0.717) is 23.7 Å². The lowest BCUT2D eigenvalue weighted by Gasteiger charge is -2.17. The van der Waals surface area contributed by atoms with Gasteiger partial charge in [0.25, 0.3) is 0 Å². The minimum atomic E-state index is -0.867. The number of aliphatic hydroxyl groups excluding tert-OH is 1. The Kier molecular flexibility index (Phi) is 8.46. The average Bonchev–Trinajstić information content (AvgIpc) is 2.75. The normalized spacial score (nSPS) is 11.2. The van der Waals surface area contributed by atoms with Gasteiger partial charge in [-0.05, 0) is 23.8 Å². The number of hydrogen-bond acceptors (Lipinski definition) is 4. The zero-order valence-corrected chi connectivity index (χ0v) is 16.1. The van der Waals surface area contributed by atoms with Crippen molar-refractivity contribution in [3.63, 3.8) is 0 Å². The molecule has 0 radical (unpaired) electrons. The third-order valence-corrected chi connectivity index (χ3v) is 3.86. The van der Waals surface area contributed by atoms with Crippen molar-refractivity contribution in [2.75, 3.05) is 6.54 Å². The minimum Gasteiger partial charge on any atom is -0.485 e. The second kappa shape index (κ2) is 11.1. The van der Waals surface area contributed by atoms with Gasteiger partial charge in [-0.25, -0.2) is 4.39 Å². The molecule has 1 unspecified atom stereocenters. The van der Waals surface area contributed by atoms with Crippen LogP contribution in [0.4, 0.5) is 4.39 Å². The third-order valence-electron chi connectivity index (χ3n) is 3.86. The topological polar surface area (TPSA) is 64.7 Å². The number of nitrogens with two attached hydrogens (primary N) is 1. The first-order valence-electron chi connectivity index (χ1n) is 9.28. The SMILES string of the molecule is CC.NCC(O)c1ccccc1Oc1cc(F)ccc1OCc1ccccc1. The molecular formula is C23H26FNO3. The van der Waals surface area contributed by atoms with Gasteiger partial charge >= 0.3 is 0 Å². The summed E-state index contributed by atoms with van der Waals surface area (Å²) in [6, 6.07) is 20.7. The lowest BCUT2D eigenvalue weighted by molar-refractivity contribution is 0.183. The van der Waals surface area contributed by atoms with Crippen molar-refractivity contribution < 1.29 is 19.0 Å². The maximum absolute atomic E-state index is 13.7. The maximum atomic E-state index is 13.7. The zero-order chi connectivity index (χ0) is 20.4. The molecule has 1 atom stereocenters. The Morgan fingerprint density at radius 1 is 0.893 bits per heavy atom.